The largest absolute Gasteiger partial charge is 0.436 e. The first kappa shape index (κ1) is 36.3. The first-order chi connectivity index (χ1) is 31.7. The summed E-state index contributed by atoms with van der Waals surface area (Å²) in [6, 6.07) is 77.2. The quantitative estimate of drug-likeness (QED) is 0.156. The number of hydrogen-bond acceptors (Lipinski definition) is 6. The molecule has 2 aliphatic rings. The highest BCUT2D eigenvalue weighted by atomic mass is 16.4. The van der Waals surface area contributed by atoms with Crippen LogP contribution in [0.25, 0.3) is 45.1 Å². The molecule has 64 heavy (non-hydrogen) atoms. The summed E-state index contributed by atoms with van der Waals surface area (Å²) in [5.74, 6) is 1.09. The third-order valence-corrected chi connectivity index (χ3v) is 12.9. The fourth-order valence-corrected chi connectivity index (χ4v) is 10.0. The van der Waals surface area contributed by atoms with Gasteiger partial charge in [0.1, 0.15) is 11.0 Å². The van der Waals surface area contributed by atoms with Crippen molar-refractivity contribution in [3.63, 3.8) is 0 Å². The van der Waals surface area contributed by atoms with Crippen LogP contribution in [-0.4, -0.2) is 23.4 Å². The Morgan fingerprint density at radius 1 is 0.328 bits per heavy atom. The lowest BCUT2D eigenvalue weighted by Gasteiger charge is -2.37. The molecule has 0 amide bonds. The van der Waals surface area contributed by atoms with Gasteiger partial charge >= 0.3 is 0 Å². The van der Waals surface area contributed by atoms with Gasteiger partial charge in [-0.3, -0.25) is 0 Å². The van der Waals surface area contributed by atoms with Crippen LogP contribution >= 0.6 is 0 Å². The highest BCUT2D eigenvalue weighted by Gasteiger charge is 2.36. The average molecular weight is 819 g/mol. The van der Waals surface area contributed by atoms with Gasteiger partial charge in [0.25, 0.3) is 0 Å². The lowest BCUT2D eigenvalue weighted by Crippen LogP contribution is -2.57. The zero-order valence-electron chi connectivity index (χ0n) is 34.5. The molecule has 2 aliphatic heterocycles. The van der Waals surface area contributed by atoms with Gasteiger partial charge in [-0.25, -0.2) is 9.97 Å². The first-order valence-corrected chi connectivity index (χ1v) is 21.7. The van der Waals surface area contributed by atoms with Crippen LogP contribution in [0.2, 0.25) is 0 Å². The van der Waals surface area contributed by atoms with Crippen LogP contribution in [-0.2, 0) is 0 Å². The fraction of sp³-hybridized carbons (Fsp3) is 0. The van der Waals surface area contributed by atoms with Crippen LogP contribution in [0.1, 0.15) is 0 Å². The monoisotopic (exact) mass is 818 g/mol. The molecule has 0 unspecified atom stereocenters. The van der Waals surface area contributed by atoms with E-state index in [1.165, 1.54) is 55.5 Å². The minimum atomic E-state index is 0.145. The van der Waals surface area contributed by atoms with Crippen molar-refractivity contribution in [3.05, 3.63) is 218 Å². The number of nitrogens with zero attached hydrogens (tertiary/aromatic N) is 4. The topological polar surface area (TPSA) is 58.5 Å². The van der Waals surface area contributed by atoms with E-state index in [4.69, 9.17) is 18.8 Å². The average Bonchev–Trinajstić information content (AvgIpc) is 3.98. The summed E-state index contributed by atoms with van der Waals surface area (Å²) in [5.41, 5.74) is 19.0. The normalized spacial score (nSPS) is 12.9. The van der Waals surface area contributed by atoms with E-state index in [0.29, 0.717) is 22.9 Å². The predicted octanol–water partition coefficient (Wildman–Crippen LogP) is 9.90. The molecule has 298 valence electrons. The van der Waals surface area contributed by atoms with Crippen LogP contribution in [0.3, 0.4) is 0 Å². The Bertz CT molecular complexity index is 3160. The molecule has 0 spiro atoms. The summed E-state index contributed by atoms with van der Waals surface area (Å²) in [4.78, 5) is 14.6. The van der Waals surface area contributed by atoms with Crippen LogP contribution < -0.4 is 42.6 Å². The van der Waals surface area contributed by atoms with E-state index in [2.05, 4.69) is 216 Å². The summed E-state index contributed by atoms with van der Waals surface area (Å²) < 4.78 is 12.8. The van der Waals surface area contributed by atoms with E-state index in [9.17, 15) is 0 Å². The van der Waals surface area contributed by atoms with E-state index in [1.54, 1.807) is 0 Å². The van der Waals surface area contributed by atoms with Crippen molar-refractivity contribution in [1.82, 2.24) is 9.97 Å². The van der Waals surface area contributed by atoms with Gasteiger partial charge in [0.15, 0.2) is 11.2 Å². The second-order valence-corrected chi connectivity index (χ2v) is 16.5. The molecule has 0 fully saturated rings. The molecule has 0 saturated heterocycles. The summed E-state index contributed by atoms with van der Waals surface area (Å²) >= 11 is 0. The summed E-state index contributed by atoms with van der Waals surface area (Å²) in [7, 11) is 0. The number of aromatic nitrogens is 2. The lowest BCUT2D eigenvalue weighted by molar-refractivity contribution is 0.609. The molecule has 0 N–H and O–H groups in total. The van der Waals surface area contributed by atoms with Gasteiger partial charge in [-0.05, 0) is 101 Å². The molecule has 0 bridgehead atoms. The predicted molar refractivity (Wildman–Crippen MR) is 264 cm³/mol. The third-order valence-electron chi connectivity index (χ3n) is 12.9. The highest BCUT2D eigenvalue weighted by Crippen LogP contribution is 2.39. The zero-order valence-corrected chi connectivity index (χ0v) is 34.5. The van der Waals surface area contributed by atoms with Gasteiger partial charge in [-0.1, -0.05) is 144 Å². The van der Waals surface area contributed by atoms with E-state index in [-0.39, 0.29) is 13.4 Å². The van der Waals surface area contributed by atoms with E-state index in [0.717, 1.165) is 33.5 Å². The number of rotatable bonds is 6. The maximum absolute atomic E-state index is 6.40. The second-order valence-electron chi connectivity index (χ2n) is 16.5. The molecule has 11 aromatic rings. The van der Waals surface area contributed by atoms with Crippen molar-refractivity contribution >= 4 is 103 Å². The Kier molecular flexibility index (Phi) is 8.31. The number of para-hydroxylation sites is 4. The molecular weight excluding hydrogens is 782 g/mol. The van der Waals surface area contributed by atoms with Gasteiger partial charge in [-0.15, -0.1) is 0 Å². The number of hydrogen-bond donors (Lipinski definition) is 0. The number of anilines is 6. The van der Waals surface area contributed by atoms with Crippen molar-refractivity contribution in [1.29, 1.82) is 0 Å². The SMILES string of the molecule is c1ccc(B2c3ccccc3N(c3ccc(-c4nc5cc6nc(-c7ccc(N8c9ccccc9B(c9ccccc9)c9ccccc98)cc7)oc6cc5o4)cc3)c3ccccc32)cc1. The molecule has 0 saturated carbocycles. The second kappa shape index (κ2) is 14.6. The number of benzene rings is 9. The van der Waals surface area contributed by atoms with Gasteiger partial charge < -0.3 is 18.6 Å². The smallest absolute Gasteiger partial charge is 0.246 e. The summed E-state index contributed by atoms with van der Waals surface area (Å²) in [6.45, 7) is 0.290. The molecule has 9 aromatic carbocycles. The highest BCUT2D eigenvalue weighted by molar-refractivity contribution is 6.98. The fourth-order valence-electron chi connectivity index (χ4n) is 10.0. The Balaban J connectivity index is 0.790. The molecule has 0 aliphatic carbocycles. The Morgan fingerprint density at radius 2 is 0.656 bits per heavy atom. The van der Waals surface area contributed by atoms with E-state index >= 15 is 0 Å². The van der Waals surface area contributed by atoms with E-state index < -0.39 is 0 Å². The van der Waals surface area contributed by atoms with Crippen molar-refractivity contribution in [2.24, 2.45) is 0 Å². The molecule has 13 rings (SSSR count). The van der Waals surface area contributed by atoms with Gasteiger partial charge in [0, 0.05) is 51.3 Å². The van der Waals surface area contributed by atoms with Crippen molar-refractivity contribution < 1.29 is 8.83 Å². The maximum Gasteiger partial charge on any atom is 0.246 e. The van der Waals surface area contributed by atoms with Crippen LogP contribution in [0, 0.1) is 0 Å². The Hall–Kier alpha value is -8.35. The zero-order chi connectivity index (χ0) is 42.1. The number of oxazole rings is 2. The van der Waals surface area contributed by atoms with Crippen molar-refractivity contribution in [3.8, 4) is 22.9 Å². The number of fused-ring (bicyclic) bond motifs is 6. The Labute approximate surface area is 370 Å². The van der Waals surface area contributed by atoms with Gasteiger partial charge in [0.05, 0.1) is 0 Å². The standard InChI is InChI=1S/C56H36B2N4O2/c1-3-15-39(16-4-1)57-43-19-7-11-23-49(43)61(50-24-12-8-20-44(50)57)41-31-27-37(28-32-41)55-59-47-35-48-54(36-53(47)63-55)64-56(60-48)38-29-33-42(34-30-38)62-51-25-13-9-21-45(51)58(40-17-5-2-6-18-40)46-22-10-14-26-52(46)62/h1-36H. The first-order valence-electron chi connectivity index (χ1n) is 21.7. The molecular formula is C56H36B2N4O2. The maximum atomic E-state index is 6.40. The van der Waals surface area contributed by atoms with Gasteiger partial charge in [-0.2, -0.15) is 0 Å². The minimum absolute atomic E-state index is 0.145. The lowest BCUT2D eigenvalue weighted by atomic mass is 9.35. The summed E-state index contributed by atoms with van der Waals surface area (Å²) in [5, 5.41) is 0. The van der Waals surface area contributed by atoms with Crippen LogP contribution in [0.5, 0.6) is 0 Å². The molecule has 2 aromatic heterocycles. The van der Waals surface area contributed by atoms with Crippen LogP contribution in [0.15, 0.2) is 227 Å². The van der Waals surface area contributed by atoms with Crippen LogP contribution in [0.4, 0.5) is 34.1 Å². The molecule has 4 heterocycles. The van der Waals surface area contributed by atoms with E-state index in [1.807, 2.05) is 12.1 Å². The summed E-state index contributed by atoms with van der Waals surface area (Å²) in [6.07, 6.45) is 0. The molecule has 8 heteroatoms. The minimum Gasteiger partial charge on any atom is -0.436 e. The van der Waals surface area contributed by atoms with Gasteiger partial charge in [0.2, 0.25) is 25.2 Å². The molecule has 6 nitrogen and oxygen atoms in total. The third kappa shape index (κ3) is 5.83. The van der Waals surface area contributed by atoms with Crippen molar-refractivity contribution in [2.45, 2.75) is 0 Å². The Morgan fingerprint density at radius 3 is 1.02 bits per heavy atom. The van der Waals surface area contributed by atoms with Crippen molar-refractivity contribution in [2.75, 3.05) is 9.80 Å². The molecule has 0 radical (unpaired) electrons. The molecule has 0 atom stereocenters.